The van der Waals surface area contributed by atoms with Crippen LogP contribution in [0.25, 0.3) is 0 Å². The van der Waals surface area contributed by atoms with Crippen molar-refractivity contribution < 1.29 is 14.6 Å². The summed E-state index contributed by atoms with van der Waals surface area (Å²) in [7, 11) is 1.57. The molecule has 17 heavy (non-hydrogen) atoms. The van der Waals surface area contributed by atoms with E-state index in [2.05, 4.69) is 0 Å². The van der Waals surface area contributed by atoms with Crippen molar-refractivity contribution in [1.82, 2.24) is 0 Å². The monoisotopic (exact) mass is 237 g/mol. The standard InChI is InChI=1S/C13H19NO3/c1-9-6-5-7-12(8-9)14(11(3)17-4)10(2)13(15)16/h5-8,10-11H,1-4H3,(H,15,16). The topological polar surface area (TPSA) is 49.8 Å². The highest BCUT2D eigenvalue weighted by molar-refractivity contribution is 5.77. The summed E-state index contributed by atoms with van der Waals surface area (Å²) in [5.41, 5.74) is 1.95. The molecule has 2 atom stereocenters. The number of hydrogen-bond acceptors (Lipinski definition) is 3. The summed E-state index contributed by atoms with van der Waals surface area (Å²) in [5.74, 6) is -0.865. The van der Waals surface area contributed by atoms with Gasteiger partial charge in [-0.2, -0.15) is 0 Å². The van der Waals surface area contributed by atoms with Gasteiger partial charge in [-0.15, -0.1) is 0 Å². The quantitative estimate of drug-likeness (QED) is 0.798. The molecule has 0 aliphatic carbocycles. The minimum absolute atomic E-state index is 0.289. The van der Waals surface area contributed by atoms with Gasteiger partial charge >= 0.3 is 5.97 Å². The highest BCUT2D eigenvalue weighted by Gasteiger charge is 2.25. The minimum Gasteiger partial charge on any atom is -0.480 e. The van der Waals surface area contributed by atoms with Crippen LogP contribution in [0.4, 0.5) is 5.69 Å². The van der Waals surface area contributed by atoms with Crippen LogP contribution in [0.3, 0.4) is 0 Å². The van der Waals surface area contributed by atoms with E-state index in [1.54, 1.807) is 18.9 Å². The van der Waals surface area contributed by atoms with Crippen molar-refractivity contribution in [2.24, 2.45) is 0 Å². The number of methoxy groups -OCH3 is 1. The highest BCUT2D eigenvalue weighted by Crippen LogP contribution is 2.21. The number of ether oxygens (including phenoxy) is 1. The van der Waals surface area contributed by atoms with Crippen LogP contribution in [0.15, 0.2) is 24.3 Å². The normalized spacial score (nSPS) is 14.1. The van der Waals surface area contributed by atoms with E-state index >= 15 is 0 Å². The molecule has 4 heteroatoms. The summed E-state index contributed by atoms with van der Waals surface area (Å²) in [6, 6.07) is 7.10. The van der Waals surface area contributed by atoms with Crippen LogP contribution in [0, 0.1) is 6.92 Å². The lowest BCUT2D eigenvalue weighted by Gasteiger charge is -2.33. The van der Waals surface area contributed by atoms with Crippen molar-refractivity contribution in [3.63, 3.8) is 0 Å². The molecule has 1 rings (SSSR count). The number of carboxylic acids is 1. The Morgan fingerprint density at radius 1 is 1.41 bits per heavy atom. The van der Waals surface area contributed by atoms with Crippen molar-refractivity contribution in [3.8, 4) is 0 Å². The van der Waals surface area contributed by atoms with Gasteiger partial charge in [-0.1, -0.05) is 12.1 Å². The number of nitrogens with zero attached hydrogens (tertiary/aromatic N) is 1. The zero-order valence-corrected chi connectivity index (χ0v) is 10.7. The van der Waals surface area contributed by atoms with Gasteiger partial charge < -0.3 is 14.7 Å². The number of carboxylic acid groups (broad SMARTS) is 1. The molecule has 2 unspecified atom stereocenters. The Bertz CT molecular complexity index is 392. The third-order valence-electron chi connectivity index (χ3n) is 2.81. The molecule has 0 heterocycles. The van der Waals surface area contributed by atoms with Crippen LogP contribution in [-0.2, 0) is 9.53 Å². The molecule has 1 aromatic carbocycles. The Morgan fingerprint density at radius 3 is 2.53 bits per heavy atom. The lowest BCUT2D eigenvalue weighted by Crippen LogP contribution is -2.45. The molecule has 0 radical (unpaired) electrons. The molecule has 0 aliphatic rings. The smallest absolute Gasteiger partial charge is 0.326 e. The van der Waals surface area contributed by atoms with Crippen molar-refractivity contribution in [1.29, 1.82) is 0 Å². The number of carbonyl (C=O) groups is 1. The molecule has 0 bridgehead atoms. The van der Waals surface area contributed by atoms with Crippen molar-refractivity contribution >= 4 is 11.7 Å². The van der Waals surface area contributed by atoms with Gasteiger partial charge in [-0.3, -0.25) is 0 Å². The van der Waals surface area contributed by atoms with Crippen LogP contribution in [0.1, 0.15) is 19.4 Å². The van der Waals surface area contributed by atoms with E-state index < -0.39 is 12.0 Å². The molecule has 94 valence electrons. The Kier molecular flexibility index (Phi) is 4.52. The molecule has 4 nitrogen and oxygen atoms in total. The van der Waals surface area contributed by atoms with E-state index in [1.807, 2.05) is 38.1 Å². The highest BCUT2D eigenvalue weighted by atomic mass is 16.5. The van der Waals surface area contributed by atoms with Crippen LogP contribution in [0.2, 0.25) is 0 Å². The van der Waals surface area contributed by atoms with Crippen LogP contribution in [-0.4, -0.2) is 30.5 Å². The minimum atomic E-state index is -0.865. The van der Waals surface area contributed by atoms with Crippen LogP contribution in [0.5, 0.6) is 0 Å². The third kappa shape index (κ3) is 3.20. The molecule has 0 fully saturated rings. The molecule has 0 spiro atoms. The molecule has 0 amide bonds. The van der Waals surface area contributed by atoms with Gasteiger partial charge in [-0.25, -0.2) is 4.79 Å². The van der Waals surface area contributed by atoms with Gasteiger partial charge in [0.1, 0.15) is 12.3 Å². The second-order valence-corrected chi connectivity index (χ2v) is 4.10. The first-order valence-corrected chi connectivity index (χ1v) is 5.58. The van der Waals surface area contributed by atoms with E-state index in [0.29, 0.717) is 0 Å². The first kappa shape index (κ1) is 13.5. The average molecular weight is 237 g/mol. The Morgan fingerprint density at radius 2 is 2.06 bits per heavy atom. The molecule has 0 aliphatic heterocycles. The van der Waals surface area contributed by atoms with E-state index in [-0.39, 0.29) is 6.23 Å². The second kappa shape index (κ2) is 5.68. The first-order valence-electron chi connectivity index (χ1n) is 5.58. The van der Waals surface area contributed by atoms with Gasteiger partial charge in [0, 0.05) is 12.8 Å². The fraction of sp³-hybridized carbons (Fsp3) is 0.462. The second-order valence-electron chi connectivity index (χ2n) is 4.10. The molecular weight excluding hydrogens is 218 g/mol. The van der Waals surface area contributed by atoms with Crippen molar-refractivity contribution in [2.45, 2.75) is 33.0 Å². The van der Waals surface area contributed by atoms with Gasteiger partial charge in [0.2, 0.25) is 0 Å². The summed E-state index contributed by atoms with van der Waals surface area (Å²) in [6.07, 6.45) is -0.289. The predicted octanol–water partition coefficient (Wildman–Crippen LogP) is 2.27. The van der Waals surface area contributed by atoms with Gasteiger partial charge in [0.05, 0.1) is 0 Å². The lowest BCUT2D eigenvalue weighted by atomic mass is 10.1. The summed E-state index contributed by atoms with van der Waals surface area (Å²) in [5, 5.41) is 9.13. The van der Waals surface area contributed by atoms with E-state index in [0.717, 1.165) is 11.3 Å². The summed E-state index contributed by atoms with van der Waals surface area (Å²) in [4.78, 5) is 12.9. The average Bonchev–Trinajstić information content (AvgIpc) is 2.28. The molecule has 1 aromatic rings. The van der Waals surface area contributed by atoms with Gasteiger partial charge in [0.15, 0.2) is 0 Å². The Labute approximate surface area is 102 Å². The predicted molar refractivity (Wildman–Crippen MR) is 67.2 cm³/mol. The molecule has 0 saturated heterocycles. The first-order chi connectivity index (χ1) is 7.97. The molecular formula is C13H19NO3. The summed E-state index contributed by atoms with van der Waals surface area (Å²) >= 11 is 0. The zero-order valence-electron chi connectivity index (χ0n) is 10.7. The van der Waals surface area contributed by atoms with Gasteiger partial charge in [0.25, 0.3) is 0 Å². The number of aryl methyl sites for hydroxylation is 1. The zero-order chi connectivity index (χ0) is 13.0. The maximum Gasteiger partial charge on any atom is 0.326 e. The summed E-state index contributed by atoms with van der Waals surface area (Å²) < 4.78 is 5.24. The maximum atomic E-state index is 11.1. The molecule has 0 aromatic heterocycles. The summed E-state index contributed by atoms with van der Waals surface area (Å²) in [6.45, 7) is 5.46. The Hall–Kier alpha value is -1.55. The van der Waals surface area contributed by atoms with Crippen LogP contribution < -0.4 is 4.90 Å². The number of hydrogen-bond donors (Lipinski definition) is 1. The number of anilines is 1. The van der Waals surface area contributed by atoms with E-state index in [9.17, 15) is 4.79 Å². The Balaban J connectivity index is 3.10. The van der Waals surface area contributed by atoms with Crippen molar-refractivity contribution in [2.75, 3.05) is 12.0 Å². The third-order valence-corrected chi connectivity index (χ3v) is 2.81. The maximum absolute atomic E-state index is 11.1. The molecule has 1 N–H and O–H groups in total. The SMILES string of the molecule is COC(C)N(c1cccc(C)c1)C(C)C(=O)O. The fourth-order valence-electron chi connectivity index (χ4n) is 1.77. The molecule has 0 saturated carbocycles. The number of rotatable bonds is 5. The lowest BCUT2D eigenvalue weighted by molar-refractivity contribution is -0.138. The number of aliphatic carboxylic acids is 1. The van der Waals surface area contributed by atoms with Crippen LogP contribution >= 0.6 is 0 Å². The van der Waals surface area contributed by atoms with E-state index in [4.69, 9.17) is 9.84 Å². The number of benzene rings is 1. The van der Waals surface area contributed by atoms with Gasteiger partial charge in [-0.05, 0) is 38.5 Å². The largest absolute Gasteiger partial charge is 0.480 e. The fourth-order valence-corrected chi connectivity index (χ4v) is 1.77. The van der Waals surface area contributed by atoms with Crippen molar-refractivity contribution in [3.05, 3.63) is 29.8 Å². The van der Waals surface area contributed by atoms with E-state index in [1.165, 1.54) is 0 Å².